The molecule has 0 radical (unpaired) electrons. The lowest BCUT2D eigenvalue weighted by Crippen LogP contribution is -2.12. The minimum Gasteiger partial charge on any atom is -0.512 e. The Morgan fingerprint density at radius 1 is 1.19 bits per heavy atom. The van der Waals surface area contributed by atoms with Crippen LogP contribution >= 0.6 is 11.6 Å². The highest BCUT2D eigenvalue weighted by Crippen LogP contribution is 2.21. The highest BCUT2D eigenvalue weighted by atomic mass is 35.5. The largest absolute Gasteiger partial charge is 0.512 e. The minimum absolute atomic E-state index is 0.0405. The molecular formula is C20H19ClN2O3. The monoisotopic (exact) mass is 370 g/mol. The van der Waals surface area contributed by atoms with Crippen molar-refractivity contribution in [1.29, 1.82) is 5.41 Å². The number of carbonyl (C=O) groups is 1. The number of carbonyl (C=O) groups excluding carboxylic acids is 1. The Labute approximate surface area is 156 Å². The smallest absolute Gasteiger partial charge is 0.248 e. The van der Waals surface area contributed by atoms with Crippen molar-refractivity contribution >= 4 is 34.5 Å². The summed E-state index contributed by atoms with van der Waals surface area (Å²) in [6.45, 7) is 0.0405. The maximum atomic E-state index is 10.7. The zero-order valence-corrected chi connectivity index (χ0v) is 14.7. The molecule has 6 heteroatoms. The number of halogens is 1. The number of nitrogens with one attached hydrogen (secondary N) is 1. The van der Waals surface area contributed by atoms with Gasteiger partial charge in [-0.25, -0.2) is 0 Å². The third kappa shape index (κ3) is 4.81. The van der Waals surface area contributed by atoms with E-state index in [0.29, 0.717) is 10.6 Å². The molecule has 0 aliphatic heterocycles. The van der Waals surface area contributed by atoms with E-state index in [1.807, 2.05) is 36.4 Å². The van der Waals surface area contributed by atoms with E-state index in [1.54, 1.807) is 0 Å². The van der Waals surface area contributed by atoms with E-state index in [0.717, 1.165) is 21.9 Å². The lowest BCUT2D eigenvalue weighted by Gasteiger charge is -2.05. The number of nitrogens with two attached hydrogens (primary N) is 1. The first-order valence-corrected chi connectivity index (χ1v) is 8.21. The number of fused-ring (bicyclic) bond motifs is 1. The fourth-order valence-electron chi connectivity index (χ4n) is 2.50. The Morgan fingerprint density at radius 2 is 1.88 bits per heavy atom. The molecule has 134 valence electrons. The van der Waals surface area contributed by atoms with E-state index >= 15 is 0 Å². The second-order valence-electron chi connectivity index (χ2n) is 5.57. The molecule has 1 amide bonds. The Balaban J connectivity index is 0.000000190. The molecule has 0 fully saturated rings. The van der Waals surface area contributed by atoms with Gasteiger partial charge in [-0.3, -0.25) is 4.79 Å². The lowest BCUT2D eigenvalue weighted by molar-refractivity contribution is -0.114. The second-order valence-corrected chi connectivity index (χ2v) is 6.06. The fraction of sp³-hybridized carbons (Fsp3) is 0.100. The van der Waals surface area contributed by atoms with Gasteiger partial charge < -0.3 is 21.4 Å². The molecule has 2 aromatic carbocycles. The van der Waals surface area contributed by atoms with Crippen LogP contribution in [0.1, 0.15) is 17.5 Å². The van der Waals surface area contributed by atoms with Crippen molar-refractivity contribution in [1.82, 2.24) is 0 Å². The number of aliphatic hydroxyl groups is 2. The van der Waals surface area contributed by atoms with Gasteiger partial charge in [0, 0.05) is 23.2 Å². The normalized spacial score (nSPS) is 13.5. The summed E-state index contributed by atoms with van der Waals surface area (Å²) in [6, 6.07) is 11.5. The molecule has 3 rings (SSSR count). The summed E-state index contributed by atoms with van der Waals surface area (Å²) >= 11 is 5.67. The van der Waals surface area contributed by atoms with Crippen LogP contribution in [-0.4, -0.2) is 22.3 Å². The average molecular weight is 371 g/mol. The molecular weight excluding hydrogens is 352 g/mol. The van der Waals surface area contributed by atoms with Gasteiger partial charge in [-0.2, -0.15) is 0 Å². The molecule has 0 saturated heterocycles. The fourth-order valence-corrected chi connectivity index (χ4v) is 2.76. The van der Waals surface area contributed by atoms with Crippen LogP contribution < -0.4 is 5.73 Å². The number of aliphatic hydroxyl groups excluding tert-OH is 2. The van der Waals surface area contributed by atoms with Crippen LogP contribution in [0.5, 0.6) is 0 Å². The minimum atomic E-state index is -0.556. The predicted molar refractivity (Wildman–Crippen MR) is 104 cm³/mol. The van der Waals surface area contributed by atoms with Crippen LogP contribution in [0, 0.1) is 5.41 Å². The van der Waals surface area contributed by atoms with Gasteiger partial charge in [0.05, 0.1) is 12.4 Å². The summed E-state index contributed by atoms with van der Waals surface area (Å²) in [5.41, 5.74) is 7.11. The number of hydrogen-bond donors (Lipinski definition) is 4. The first-order valence-electron chi connectivity index (χ1n) is 7.84. The molecule has 0 aromatic heterocycles. The molecule has 2 aromatic rings. The summed E-state index contributed by atoms with van der Waals surface area (Å²) in [5, 5.41) is 27.9. The standard InChI is InChI=1S/C12H11NO.C8H8ClNO2/c13-7-9-3-1-6-12-10(8-14)4-2-5-11(9)12;9-6-3-5(8(10)12)1-2-7(11)4-6/h1-7,13-14H,8H2;1-3,11H,4H2,(H2,10,12). The van der Waals surface area contributed by atoms with Gasteiger partial charge in [0.2, 0.25) is 5.91 Å². The summed E-state index contributed by atoms with van der Waals surface area (Å²) in [5.74, 6) is -0.438. The van der Waals surface area contributed by atoms with Gasteiger partial charge in [-0.15, -0.1) is 0 Å². The van der Waals surface area contributed by atoms with E-state index in [-0.39, 0.29) is 18.8 Å². The molecule has 0 saturated carbocycles. The molecule has 0 heterocycles. The van der Waals surface area contributed by atoms with Gasteiger partial charge >= 0.3 is 0 Å². The van der Waals surface area contributed by atoms with E-state index < -0.39 is 5.91 Å². The summed E-state index contributed by atoms with van der Waals surface area (Å²) < 4.78 is 0. The maximum absolute atomic E-state index is 10.7. The van der Waals surface area contributed by atoms with Crippen LogP contribution in [0.4, 0.5) is 0 Å². The maximum Gasteiger partial charge on any atom is 0.248 e. The number of primary amides is 1. The third-order valence-corrected chi connectivity index (χ3v) is 4.02. The molecule has 0 bridgehead atoms. The molecule has 26 heavy (non-hydrogen) atoms. The van der Waals surface area contributed by atoms with E-state index in [2.05, 4.69) is 0 Å². The van der Waals surface area contributed by atoms with Crippen molar-refractivity contribution in [3.63, 3.8) is 0 Å². The first-order chi connectivity index (χ1) is 12.5. The second kappa shape index (κ2) is 8.99. The molecule has 1 aliphatic carbocycles. The molecule has 5 N–H and O–H groups in total. The SMILES string of the molecule is N=Cc1cccc2c(CO)cccc12.NC(=O)C1=CC=C(O)CC(Cl)=C1. The Hall–Kier alpha value is -2.89. The van der Waals surface area contributed by atoms with Gasteiger partial charge in [-0.1, -0.05) is 48.0 Å². The average Bonchev–Trinajstić information content (AvgIpc) is 2.81. The molecule has 0 spiro atoms. The van der Waals surface area contributed by atoms with Crippen molar-refractivity contribution in [3.8, 4) is 0 Å². The van der Waals surface area contributed by atoms with Gasteiger partial charge in [0.25, 0.3) is 0 Å². The van der Waals surface area contributed by atoms with Crippen molar-refractivity contribution in [2.24, 2.45) is 5.73 Å². The zero-order valence-electron chi connectivity index (χ0n) is 13.9. The van der Waals surface area contributed by atoms with Crippen molar-refractivity contribution in [2.45, 2.75) is 13.0 Å². The van der Waals surface area contributed by atoms with Crippen molar-refractivity contribution < 1.29 is 15.0 Å². The molecule has 0 unspecified atom stereocenters. The van der Waals surface area contributed by atoms with E-state index in [1.165, 1.54) is 24.4 Å². The number of allylic oxidation sites excluding steroid dienone is 3. The molecule has 0 atom stereocenters. The Kier molecular flexibility index (Phi) is 6.72. The first kappa shape index (κ1) is 19.4. The molecule has 5 nitrogen and oxygen atoms in total. The van der Waals surface area contributed by atoms with Gasteiger partial charge in [-0.05, 0) is 40.1 Å². The summed E-state index contributed by atoms with van der Waals surface area (Å²) in [7, 11) is 0. The van der Waals surface area contributed by atoms with Crippen LogP contribution in [0.25, 0.3) is 10.8 Å². The topological polar surface area (TPSA) is 107 Å². The van der Waals surface area contributed by atoms with Crippen molar-refractivity contribution in [3.05, 3.63) is 82.1 Å². The Bertz CT molecular complexity index is 930. The van der Waals surface area contributed by atoms with Crippen LogP contribution in [-0.2, 0) is 11.4 Å². The third-order valence-electron chi connectivity index (χ3n) is 3.77. The quantitative estimate of drug-likeness (QED) is 0.618. The number of hydrogen-bond acceptors (Lipinski definition) is 4. The van der Waals surface area contributed by atoms with Gasteiger partial charge in [0.15, 0.2) is 0 Å². The highest BCUT2D eigenvalue weighted by molar-refractivity contribution is 6.30. The predicted octanol–water partition coefficient (Wildman–Crippen LogP) is 3.70. The lowest BCUT2D eigenvalue weighted by atomic mass is 10.0. The Morgan fingerprint density at radius 3 is 2.54 bits per heavy atom. The van der Waals surface area contributed by atoms with E-state index in [9.17, 15) is 4.79 Å². The summed E-state index contributed by atoms with van der Waals surface area (Å²) in [6.07, 6.45) is 5.88. The molecule has 1 aliphatic rings. The van der Waals surface area contributed by atoms with Crippen LogP contribution in [0.3, 0.4) is 0 Å². The van der Waals surface area contributed by atoms with Gasteiger partial charge in [0.1, 0.15) is 0 Å². The zero-order chi connectivity index (χ0) is 19.1. The van der Waals surface area contributed by atoms with Crippen LogP contribution in [0.2, 0.25) is 0 Å². The highest BCUT2D eigenvalue weighted by Gasteiger charge is 2.07. The number of amides is 1. The van der Waals surface area contributed by atoms with E-state index in [4.69, 9.17) is 33.0 Å². The number of rotatable bonds is 3. The summed E-state index contributed by atoms with van der Waals surface area (Å²) in [4.78, 5) is 10.7. The van der Waals surface area contributed by atoms with Crippen LogP contribution in [0.15, 0.2) is 71.0 Å². The van der Waals surface area contributed by atoms with Crippen molar-refractivity contribution in [2.75, 3.05) is 0 Å². The number of benzene rings is 2.